The van der Waals surface area contributed by atoms with Crippen LogP contribution in [0.2, 0.25) is 0 Å². The highest BCUT2D eigenvalue weighted by Gasteiger charge is 2.42. The van der Waals surface area contributed by atoms with Gasteiger partial charge in [-0.05, 0) is 19.3 Å². The van der Waals surface area contributed by atoms with Gasteiger partial charge in [-0.3, -0.25) is 14.4 Å². The molecule has 0 aromatic carbocycles. The smallest absolute Gasteiger partial charge is 0.311 e. The maximum Gasteiger partial charge on any atom is 0.311 e. The third kappa shape index (κ3) is 3.71. The van der Waals surface area contributed by atoms with Gasteiger partial charge in [0.15, 0.2) is 0 Å². The first-order valence-electron chi connectivity index (χ1n) is 7.05. The molecule has 0 radical (unpaired) electrons. The van der Waals surface area contributed by atoms with Crippen LogP contribution in [-0.4, -0.2) is 59.4 Å². The largest absolute Gasteiger partial charge is 0.481 e. The van der Waals surface area contributed by atoms with Gasteiger partial charge in [0.05, 0.1) is 12.0 Å². The molecule has 6 heteroatoms. The molecule has 0 aromatic rings. The van der Waals surface area contributed by atoms with Gasteiger partial charge in [0.1, 0.15) is 0 Å². The van der Waals surface area contributed by atoms with Crippen LogP contribution in [0.4, 0.5) is 0 Å². The van der Waals surface area contributed by atoms with E-state index in [-0.39, 0.29) is 24.9 Å². The number of likely N-dealkylation sites (tertiary alicyclic amines) is 1. The summed E-state index contributed by atoms with van der Waals surface area (Å²) in [5.74, 6) is -1.17. The molecule has 2 amide bonds. The highest BCUT2D eigenvalue weighted by molar-refractivity contribution is 5.84. The van der Waals surface area contributed by atoms with Gasteiger partial charge in [-0.25, -0.2) is 0 Å². The van der Waals surface area contributed by atoms with E-state index in [1.165, 1.54) is 11.8 Å². The predicted molar refractivity (Wildman–Crippen MR) is 74.1 cm³/mol. The van der Waals surface area contributed by atoms with E-state index < -0.39 is 11.4 Å². The van der Waals surface area contributed by atoms with Gasteiger partial charge in [0.2, 0.25) is 11.8 Å². The Hall–Kier alpha value is -1.59. The van der Waals surface area contributed by atoms with Crippen LogP contribution in [0.25, 0.3) is 0 Å². The van der Waals surface area contributed by atoms with Gasteiger partial charge in [0.25, 0.3) is 0 Å². The number of nitrogens with zero attached hydrogens (tertiary/aromatic N) is 2. The zero-order valence-corrected chi connectivity index (χ0v) is 12.5. The molecule has 1 saturated heterocycles. The fraction of sp³-hybridized carbons (Fsp3) is 0.786. The van der Waals surface area contributed by atoms with Crippen molar-refractivity contribution in [3.8, 4) is 0 Å². The first-order valence-corrected chi connectivity index (χ1v) is 7.05. The third-order valence-electron chi connectivity index (χ3n) is 4.02. The quantitative estimate of drug-likeness (QED) is 0.815. The van der Waals surface area contributed by atoms with Gasteiger partial charge >= 0.3 is 5.97 Å². The van der Waals surface area contributed by atoms with Crippen LogP contribution in [0.5, 0.6) is 0 Å². The molecular formula is C14H24N2O4. The molecule has 1 unspecified atom stereocenters. The number of likely N-dealkylation sites (N-methyl/N-ethyl adjacent to an activating group) is 1. The minimum Gasteiger partial charge on any atom is -0.481 e. The maximum absolute atomic E-state index is 12.2. The van der Waals surface area contributed by atoms with Crippen molar-refractivity contribution in [3.05, 3.63) is 0 Å². The number of rotatable bonds is 5. The Kier molecular flexibility index (Phi) is 5.53. The summed E-state index contributed by atoms with van der Waals surface area (Å²) in [6, 6.07) is 0. The molecule has 1 rings (SSSR count). The molecule has 0 spiro atoms. The number of carboxylic acid groups (broad SMARTS) is 1. The van der Waals surface area contributed by atoms with Crippen LogP contribution in [0.1, 0.15) is 39.5 Å². The summed E-state index contributed by atoms with van der Waals surface area (Å²) in [5.41, 5.74) is -0.822. The summed E-state index contributed by atoms with van der Waals surface area (Å²) in [4.78, 5) is 37.8. The van der Waals surface area contributed by atoms with Crippen molar-refractivity contribution in [2.75, 3.05) is 26.7 Å². The maximum atomic E-state index is 12.2. The number of hydrogen-bond donors (Lipinski definition) is 1. The number of carbonyl (C=O) groups is 3. The van der Waals surface area contributed by atoms with Gasteiger partial charge in [-0.15, -0.1) is 0 Å². The number of piperidine rings is 1. The summed E-state index contributed by atoms with van der Waals surface area (Å²) in [6.07, 6.45) is 2.67. The standard InChI is InChI=1S/C14H24N2O4/c1-4-6-14(13(19)20)7-5-8-16(10-14)12(18)9-15(3)11(2)17/h4-10H2,1-3H3,(H,19,20). The van der Waals surface area contributed by atoms with Crippen LogP contribution >= 0.6 is 0 Å². The van der Waals surface area contributed by atoms with Crippen molar-refractivity contribution >= 4 is 17.8 Å². The minimum absolute atomic E-state index is 0.0111. The van der Waals surface area contributed by atoms with Crippen molar-refractivity contribution in [1.29, 1.82) is 0 Å². The van der Waals surface area contributed by atoms with Gasteiger partial charge < -0.3 is 14.9 Å². The van der Waals surface area contributed by atoms with E-state index >= 15 is 0 Å². The van der Waals surface area contributed by atoms with Gasteiger partial charge in [-0.1, -0.05) is 13.3 Å². The molecule has 1 aliphatic rings. The fourth-order valence-electron chi connectivity index (χ4n) is 2.72. The lowest BCUT2D eigenvalue weighted by Crippen LogP contribution is -2.52. The average molecular weight is 284 g/mol. The van der Waals surface area contributed by atoms with Gasteiger partial charge in [-0.2, -0.15) is 0 Å². The van der Waals surface area contributed by atoms with E-state index in [1.54, 1.807) is 11.9 Å². The first kappa shape index (κ1) is 16.5. The molecule has 114 valence electrons. The fourth-order valence-corrected chi connectivity index (χ4v) is 2.72. The van der Waals surface area contributed by atoms with E-state index in [1.807, 2.05) is 6.92 Å². The number of aliphatic carboxylic acids is 1. The van der Waals surface area contributed by atoms with Crippen LogP contribution in [0.3, 0.4) is 0 Å². The predicted octanol–water partition coefficient (Wildman–Crippen LogP) is 0.958. The molecule has 6 nitrogen and oxygen atoms in total. The molecule has 0 aliphatic carbocycles. The molecule has 1 fully saturated rings. The molecule has 1 aliphatic heterocycles. The second-order valence-corrected chi connectivity index (χ2v) is 5.63. The Bertz CT molecular complexity index is 393. The zero-order chi connectivity index (χ0) is 15.3. The Balaban J connectivity index is 2.74. The second-order valence-electron chi connectivity index (χ2n) is 5.63. The van der Waals surface area contributed by atoms with Crippen LogP contribution in [0, 0.1) is 5.41 Å². The molecule has 0 bridgehead atoms. The molecule has 0 aromatic heterocycles. The molecule has 1 atom stereocenters. The summed E-state index contributed by atoms with van der Waals surface area (Å²) >= 11 is 0. The van der Waals surface area contributed by atoms with Gasteiger partial charge in [0, 0.05) is 27.1 Å². The average Bonchev–Trinajstić information content (AvgIpc) is 2.38. The SMILES string of the molecule is CCCC1(C(=O)O)CCCN(C(=O)CN(C)C(C)=O)C1. The zero-order valence-electron chi connectivity index (χ0n) is 12.5. The third-order valence-corrected chi connectivity index (χ3v) is 4.02. The Morgan fingerprint density at radius 3 is 2.50 bits per heavy atom. The van der Waals surface area contributed by atoms with Crippen molar-refractivity contribution in [3.63, 3.8) is 0 Å². The van der Waals surface area contributed by atoms with Crippen molar-refractivity contribution in [2.24, 2.45) is 5.41 Å². The van der Waals surface area contributed by atoms with E-state index in [2.05, 4.69) is 0 Å². The van der Waals surface area contributed by atoms with E-state index in [4.69, 9.17) is 0 Å². The van der Waals surface area contributed by atoms with Crippen LogP contribution in [-0.2, 0) is 14.4 Å². The Morgan fingerprint density at radius 2 is 2.00 bits per heavy atom. The normalized spacial score (nSPS) is 22.4. The summed E-state index contributed by atoms with van der Waals surface area (Å²) in [7, 11) is 1.57. The number of hydrogen-bond acceptors (Lipinski definition) is 3. The minimum atomic E-state index is -0.822. The summed E-state index contributed by atoms with van der Waals surface area (Å²) in [5, 5.41) is 9.49. The van der Waals surface area contributed by atoms with Crippen molar-refractivity contribution in [2.45, 2.75) is 39.5 Å². The highest BCUT2D eigenvalue weighted by atomic mass is 16.4. The monoisotopic (exact) mass is 284 g/mol. The molecule has 20 heavy (non-hydrogen) atoms. The summed E-state index contributed by atoms with van der Waals surface area (Å²) in [6.45, 7) is 4.19. The number of carbonyl (C=O) groups excluding carboxylic acids is 2. The molecular weight excluding hydrogens is 260 g/mol. The van der Waals surface area contributed by atoms with Crippen molar-refractivity contribution < 1.29 is 19.5 Å². The molecule has 0 saturated carbocycles. The van der Waals surface area contributed by atoms with Crippen LogP contribution in [0.15, 0.2) is 0 Å². The van der Waals surface area contributed by atoms with E-state index in [9.17, 15) is 19.5 Å². The second kappa shape index (κ2) is 6.72. The Morgan fingerprint density at radius 1 is 1.35 bits per heavy atom. The highest BCUT2D eigenvalue weighted by Crippen LogP contribution is 2.35. The first-order chi connectivity index (χ1) is 9.32. The van der Waals surface area contributed by atoms with E-state index in [0.717, 1.165) is 6.42 Å². The number of carboxylic acids is 1. The summed E-state index contributed by atoms with van der Waals surface area (Å²) < 4.78 is 0. The lowest BCUT2D eigenvalue weighted by atomic mass is 9.76. The number of amides is 2. The van der Waals surface area contributed by atoms with E-state index in [0.29, 0.717) is 25.8 Å². The molecule has 1 N–H and O–H groups in total. The topological polar surface area (TPSA) is 77.9 Å². The lowest BCUT2D eigenvalue weighted by molar-refractivity contribution is -0.156. The molecule has 1 heterocycles. The lowest BCUT2D eigenvalue weighted by Gasteiger charge is -2.40. The Labute approximate surface area is 119 Å². The van der Waals surface area contributed by atoms with Crippen molar-refractivity contribution in [1.82, 2.24) is 9.80 Å². The van der Waals surface area contributed by atoms with Crippen LogP contribution < -0.4 is 0 Å².